The third-order valence-electron chi connectivity index (χ3n) is 4.91. The number of carbonyl (C=O) groups excluding carboxylic acids is 1. The molecule has 4 nitrogen and oxygen atoms in total. The lowest BCUT2D eigenvalue weighted by Crippen LogP contribution is -2.25. The molecule has 0 spiro atoms. The van der Waals surface area contributed by atoms with Gasteiger partial charge in [-0.25, -0.2) is 0 Å². The molecule has 7 heteroatoms. The minimum Gasteiger partial charge on any atom is -0.465 e. The number of fused-ring (bicyclic) bond motifs is 4. The van der Waals surface area contributed by atoms with E-state index in [1.165, 1.54) is 6.20 Å². The number of aromatic nitrogens is 2. The summed E-state index contributed by atoms with van der Waals surface area (Å²) < 4.78 is 35.7. The minimum absolute atomic E-state index is 0.183. The van der Waals surface area contributed by atoms with E-state index in [9.17, 15) is 13.4 Å². The van der Waals surface area contributed by atoms with Crippen LogP contribution in [0.5, 0.6) is 5.75 Å². The Bertz CT molecular complexity index is 1100. The van der Waals surface area contributed by atoms with Crippen molar-refractivity contribution < 1.29 is 18.2 Å². The number of carbonyl (C=O) groups is 1. The molecule has 0 amide bonds. The predicted octanol–water partition coefficient (Wildman–Crippen LogP) is 3.96. The number of Topliss-reactive ketones (excluding diaryl/α,β-unsaturated/α-hetero) is 1. The molecule has 128 valence electrons. The first-order chi connectivity index (χ1) is 12.6. The molecule has 5 rings (SSSR count). The number of nitrogens with zero attached hydrogens (tertiary/aromatic N) is 2. The Morgan fingerprint density at radius 1 is 1.08 bits per heavy atom. The van der Waals surface area contributed by atoms with Crippen molar-refractivity contribution in [1.29, 1.82) is 0 Å². The number of rotatable bonds is 2. The summed E-state index contributed by atoms with van der Waals surface area (Å²) >= 11 is 0. The van der Waals surface area contributed by atoms with Crippen molar-refractivity contribution in [2.75, 3.05) is 0 Å². The smallest absolute Gasteiger partial charge is 0.465 e. The van der Waals surface area contributed by atoms with Crippen molar-refractivity contribution in [3.8, 4) is 5.75 Å². The van der Waals surface area contributed by atoms with Crippen molar-refractivity contribution in [2.24, 2.45) is 0 Å². The highest BCUT2D eigenvalue weighted by Crippen LogP contribution is 2.47. The van der Waals surface area contributed by atoms with Crippen LogP contribution in [-0.4, -0.2) is 22.2 Å². The van der Waals surface area contributed by atoms with Crippen molar-refractivity contribution in [3.63, 3.8) is 0 Å². The average Bonchev–Trinajstić information content (AvgIpc) is 3.30. The molecule has 4 heterocycles. The fourth-order valence-corrected chi connectivity index (χ4v) is 3.78. The molecule has 26 heavy (non-hydrogen) atoms. The summed E-state index contributed by atoms with van der Waals surface area (Å²) in [5, 5.41) is 0. The summed E-state index contributed by atoms with van der Waals surface area (Å²) in [5.74, 6) is 0.339. The maximum Gasteiger partial charge on any atom is 0.677 e. The zero-order valence-electron chi connectivity index (χ0n) is 13.8. The van der Waals surface area contributed by atoms with Crippen molar-refractivity contribution in [2.45, 2.75) is 13.2 Å². The summed E-state index contributed by atoms with van der Waals surface area (Å²) in [6, 6.07) is 12.2. The zero-order valence-corrected chi connectivity index (χ0v) is 13.8. The van der Waals surface area contributed by atoms with E-state index >= 15 is 0 Å². The van der Waals surface area contributed by atoms with Crippen LogP contribution < -0.4 is 4.74 Å². The average molecular weight is 350 g/mol. The molecule has 0 radical (unpaired) electrons. The third-order valence-corrected chi connectivity index (χ3v) is 4.91. The second-order valence-electron chi connectivity index (χ2n) is 6.47. The molecule has 2 aliphatic heterocycles. The molecular weight excluding hydrogens is 337 g/mol. The molecular formula is C19H13BF2N2O2. The van der Waals surface area contributed by atoms with Crippen LogP contribution >= 0.6 is 0 Å². The van der Waals surface area contributed by atoms with E-state index < -0.39 is 13.6 Å². The van der Waals surface area contributed by atoms with E-state index in [0.29, 0.717) is 33.8 Å². The molecule has 1 aromatic carbocycles. The van der Waals surface area contributed by atoms with Crippen LogP contribution in [0.4, 0.5) is 8.63 Å². The van der Waals surface area contributed by atoms with Crippen LogP contribution in [0.25, 0.3) is 5.57 Å². The van der Waals surface area contributed by atoms with Gasteiger partial charge in [-0.15, -0.1) is 0 Å². The first-order valence-corrected chi connectivity index (χ1v) is 8.25. The lowest BCUT2D eigenvalue weighted by molar-refractivity contribution is 0.0912. The second kappa shape index (κ2) is 5.21. The molecule has 2 aliphatic rings. The van der Waals surface area contributed by atoms with Gasteiger partial charge in [0.25, 0.3) is 0 Å². The Morgan fingerprint density at radius 3 is 2.65 bits per heavy atom. The first-order valence-electron chi connectivity index (χ1n) is 8.25. The largest absolute Gasteiger partial charge is 0.677 e. The Morgan fingerprint density at radius 2 is 1.85 bits per heavy atom. The van der Waals surface area contributed by atoms with Crippen LogP contribution in [0.3, 0.4) is 0 Å². The summed E-state index contributed by atoms with van der Waals surface area (Å²) in [5.41, 5.74) is 3.36. The predicted molar refractivity (Wildman–Crippen MR) is 93.4 cm³/mol. The van der Waals surface area contributed by atoms with Gasteiger partial charge in [0.05, 0.1) is 16.8 Å². The summed E-state index contributed by atoms with van der Waals surface area (Å²) in [7, 11) is -2.69. The number of hydrogen-bond donors (Lipinski definition) is 0. The standard InChI is InChI=1S/C19H13BF2N2O2/c1-11-6-7-12-15(10-11)26-19-17(18(12)25)16(13-4-2-8-23(13)19)14-5-3-9-24(14)20(21)22/h2-10,19H,1H3. The van der Waals surface area contributed by atoms with E-state index in [1.54, 1.807) is 24.4 Å². The maximum atomic E-state index is 13.4. The van der Waals surface area contributed by atoms with Gasteiger partial charge in [0.15, 0.2) is 5.78 Å². The Balaban J connectivity index is 1.79. The summed E-state index contributed by atoms with van der Waals surface area (Å²) in [4.78, 5) is 13.2. The van der Waals surface area contributed by atoms with Gasteiger partial charge in [-0.1, -0.05) is 6.07 Å². The Kier molecular flexibility index (Phi) is 3.04. The van der Waals surface area contributed by atoms with Crippen molar-refractivity contribution >= 4 is 18.8 Å². The maximum absolute atomic E-state index is 13.4. The van der Waals surface area contributed by atoms with Crippen LogP contribution in [-0.2, 0) is 0 Å². The first kappa shape index (κ1) is 15.2. The van der Waals surface area contributed by atoms with E-state index in [1.807, 2.05) is 35.8 Å². The van der Waals surface area contributed by atoms with E-state index in [2.05, 4.69) is 0 Å². The summed E-state index contributed by atoms with van der Waals surface area (Å²) in [6.07, 6.45) is 2.48. The molecule has 3 aromatic rings. The Hall–Kier alpha value is -3.09. The number of hydrogen-bond acceptors (Lipinski definition) is 2. The molecule has 0 N–H and O–H groups in total. The van der Waals surface area contributed by atoms with E-state index in [4.69, 9.17) is 4.74 Å². The van der Waals surface area contributed by atoms with Gasteiger partial charge in [0.2, 0.25) is 6.23 Å². The lowest BCUT2D eigenvalue weighted by Gasteiger charge is -2.26. The Labute approximate surface area is 148 Å². The van der Waals surface area contributed by atoms with E-state index in [-0.39, 0.29) is 5.78 Å². The third kappa shape index (κ3) is 1.91. The van der Waals surface area contributed by atoms with Gasteiger partial charge in [0, 0.05) is 17.5 Å². The van der Waals surface area contributed by atoms with Gasteiger partial charge in [-0.3, -0.25) is 13.4 Å². The van der Waals surface area contributed by atoms with Gasteiger partial charge >= 0.3 is 7.40 Å². The SMILES string of the molecule is Cc1ccc2c(c1)OC1C(=C(c3cccn3B(F)F)c3cccn31)C2=O. The normalized spacial score (nSPS) is 17.7. The number of halogens is 2. The fourth-order valence-electron chi connectivity index (χ4n) is 3.78. The molecule has 1 unspecified atom stereocenters. The topological polar surface area (TPSA) is 36.2 Å². The number of ketones is 1. The second-order valence-corrected chi connectivity index (χ2v) is 6.47. The fraction of sp³-hybridized carbons (Fsp3) is 0.105. The minimum atomic E-state index is -2.69. The van der Waals surface area contributed by atoms with Crippen molar-refractivity contribution in [3.05, 3.63) is 82.9 Å². The van der Waals surface area contributed by atoms with Gasteiger partial charge in [0.1, 0.15) is 5.75 Å². The molecule has 0 saturated carbocycles. The van der Waals surface area contributed by atoms with Gasteiger partial charge in [-0.2, -0.15) is 0 Å². The van der Waals surface area contributed by atoms with E-state index in [0.717, 1.165) is 10.0 Å². The van der Waals surface area contributed by atoms with Crippen LogP contribution in [0.1, 0.15) is 33.5 Å². The lowest BCUT2D eigenvalue weighted by atomic mass is 9.92. The number of aryl methyl sites for hydroxylation is 1. The van der Waals surface area contributed by atoms with Crippen LogP contribution in [0.15, 0.2) is 60.4 Å². The van der Waals surface area contributed by atoms with Crippen LogP contribution in [0.2, 0.25) is 0 Å². The molecule has 0 fully saturated rings. The molecule has 0 aliphatic carbocycles. The van der Waals surface area contributed by atoms with Gasteiger partial charge in [-0.05, 0) is 55.1 Å². The molecule has 0 bridgehead atoms. The summed E-state index contributed by atoms with van der Waals surface area (Å²) in [6.45, 7) is 1.93. The molecule has 2 aromatic heterocycles. The monoisotopic (exact) mass is 350 g/mol. The number of benzene rings is 1. The van der Waals surface area contributed by atoms with Crippen molar-refractivity contribution in [1.82, 2.24) is 9.05 Å². The van der Waals surface area contributed by atoms with Gasteiger partial charge < -0.3 is 13.8 Å². The molecule has 0 saturated heterocycles. The zero-order chi connectivity index (χ0) is 18.0. The highest BCUT2D eigenvalue weighted by Gasteiger charge is 2.42. The highest BCUT2D eigenvalue weighted by molar-refractivity contribution is 6.41. The number of ether oxygens (including phenoxy) is 1. The highest BCUT2D eigenvalue weighted by atomic mass is 19.2. The quantitative estimate of drug-likeness (QED) is 0.656. The molecule has 1 atom stereocenters. The van der Waals surface area contributed by atoms with Crippen LogP contribution in [0, 0.1) is 6.92 Å².